The molecule has 0 spiro atoms. The van der Waals surface area contributed by atoms with Crippen LogP contribution in [0.25, 0.3) is 11.0 Å². The lowest BCUT2D eigenvalue weighted by atomic mass is 10.2. The van der Waals surface area contributed by atoms with Gasteiger partial charge >= 0.3 is 11.8 Å². The summed E-state index contributed by atoms with van der Waals surface area (Å²) >= 11 is 0. The van der Waals surface area contributed by atoms with E-state index in [0.717, 1.165) is 11.8 Å². The predicted octanol–water partition coefficient (Wildman–Crippen LogP) is 2.19. The van der Waals surface area contributed by atoms with E-state index >= 15 is 0 Å². The number of aryl methyl sites for hydroxylation is 1. The van der Waals surface area contributed by atoms with Gasteiger partial charge in [-0.1, -0.05) is 29.8 Å². The smallest absolute Gasteiger partial charge is 0.329 e. The number of nitrogens with zero attached hydrogens (tertiary/aromatic N) is 1. The van der Waals surface area contributed by atoms with E-state index in [0.29, 0.717) is 16.7 Å². The first-order valence-electron chi connectivity index (χ1n) is 7.76. The predicted molar refractivity (Wildman–Crippen MR) is 98.0 cm³/mol. The van der Waals surface area contributed by atoms with Crippen molar-refractivity contribution in [3.8, 4) is 0 Å². The lowest BCUT2D eigenvalue weighted by molar-refractivity contribution is -0.136. The van der Waals surface area contributed by atoms with E-state index in [-0.39, 0.29) is 11.0 Å². The highest BCUT2D eigenvalue weighted by atomic mass is 16.3. The first kappa shape index (κ1) is 17.1. The number of carbonyl (C=O) groups excluding carboxylic acids is 2. The number of nitrogens with one attached hydrogen (secondary N) is 2. The highest BCUT2D eigenvalue weighted by Crippen LogP contribution is 2.09. The molecule has 0 aliphatic rings. The molecule has 7 heteroatoms. The first-order chi connectivity index (χ1) is 12.5. The quantitative estimate of drug-likeness (QED) is 0.430. The number of rotatable bonds is 3. The van der Waals surface area contributed by atoms with Crippen molar-refractivity contribution in [2.75, 3.05) is 5.32 Å². The van der Waals surface area contributed by atoms with Gasteiger partial charge in [0.05, 0.1) is 17.2 Å². The second kappa shape index (κ2) is 7.43. The number of carbonyl (C=O) groups is 2. The lowest BCUT2D eigenvalue weighted by Crippen LogP contribution is -2.32. The minimum Gasteiger partial charge on any atom is -0.463 e. The van der Waals surface area contributed by atoms with E-state index in [2.05, 4.69) is 15.8 Å². The van der Waals surface area contributed by atoms with Crippen LogP contribution in [-0.4, -0.2) is 18.0 Å². The molecule has 2 amide bonds. The van der Waals surface area contributed by atoms with Crippen molar-refractivity contribution in [3.63, 3.8) is 0 Å². The Morgan fingerprint density at radius 2 is 1.77 bits per heavy atom. The van der Waals surface area contributed by atoms with Gasteiger partial charge in [0.1, 0.15) is 11.8 Å². The Hall–Kier alpha value is -3.74. The SMILES string of the molecule is Cc1ccc(NC(=O)C(=O)NN=Cc2coc3ccccc3c2=O)cc1. The van der Waals surface area contributed by atoms with Crippen molar-refractivity contribution in [1.82, 2.24) is 5.43 Å². The van der Waals surface area contributed by atoms with Gasteiger partial charge in [0, 0.05) is 5.69 Å². The molecule has 3 aromatic rings. The molecule has 0 bridgehead atoms. The molecule has 1 aromatic heterocycles. The maximum absolute atomic E-state index is 12.3. The molecule has 0 radical (unpaired) electrons. The number of hydrazone groups is 1. The Bertz CT molecular complexity index is 1050. The molecule has 0 aliphatic heterocycles. The summed E-state index contributed by atoms with van der Waals surface area (Å²) in [6.45, 7) is 1.91. The highest BCUT2D eigenvalue weighted by molar-refractivity contribution is 6.39. The Morgan fingerprint density at radius 3 is 2.54 bits per heavy atom. The molecule has 0 saturated carbocycles. The van der Waals surface area contributed by atoms with Crippen molar-refractivity contribution in [3.05, 3.63) is 76.1 Å². The van der Waals surface area contributed by atoms with Gasteiger partial charge in [-0.05, 0) is 31.2 Å². The molecule has 1 heterocycles. The number of amides is 2. The van der Waals surface area contributed by atoms with Gasteiger partial charge < -0.3 is 9.73 Å². The van der Waals surface area contributed by atoms with Gasteiger partial charge in [-0.2, -0.15) is 5.10 Å². The van der Waals surface area contributed by atoms with Gasteiger partial charge in [0.15, 0.2) is 0 Å². The number of hydrogen-bond donors (Lipinski definition) is 2. The lowest BCUT2D eigenvalue weighted by Gasteiger charge is -2.04. The minimum absolute atomic E-state index is 0.156. The minimum atomic E-state index is -0.952. The summed E-state index contributed by atoms with van der Waals surface area (Å²) in [4.78, 5) is 35.8. The fourth-order valence-electron chi connectivity index (χ4n) is 2.22. The third-order valence-electron chi connectivity index (χ3n) is 3.59. The van der Waals surface area contributed by atoms with Gasteiger partial charge in [0.25, 0.3) is 0 Å². The van der Waals surface area contributed by atoms with E-state index in [4.69, 9.17) is 4.42 Å². The molecular weight excluding hydrogens is 334 g/mol. The van der Waals surface area contributed by atoms with Crippen LogP contribution in [0.3, 0.4) is 0 Å². The second-order valence-electron chi connectivity index (χ2n) is 5.54. The largest absolute Gasteiger partial charge is 0.463 e. The summed E-state index contributed by atoms with van der Waals surface area (Å²) < 4.78 is 5.33. The monoisotopic (exact) mass is 349 g/mol. The topological polar surface area (TPSA) is 101 Å². The zero-order valence-corrected chi connectivity index (χ0v) is 13.9. The normalized spacial score (nSPS) is 10.8. The van der Waals surface area contributed by atoms with Crippen LogP contribution in [0.5, 0.6) is 0 Å². The molecule has 2 aromatic carbocycles. The van der Waals surface area contributed by atoms with Crippen LogP contribution in [0.4, 0.5) is 5.69 Å². The molecule has 7 nitrogen and oxygen atoms in total. The standard InChI is InChI=1S/C19H15N3O4/c1-12-6-8-14(9-7-12)21-18(24)19(25)22-20-10-13-11-26-16-5-3-2-4-15(16)17(13)23/h2-11H,1H3,(H,21,24)(H,22,25). The van der Waals surface area contributed by atoms with E-state index in [1.54, 1.807) is 36.4 Å². The van der Waals surface area contributed by atoms with Gasteiger partial charge in [-0.25, -0.2) is 5.43 Å². The van der Waals surface area contributed by atoms with Crippen molar-refractivity contribution in [2.45, 2.75) is 6.92 Å². The van der Waals surface area contributed by atoms with Crippen molar-refractivity contribution < 1.29 is 14.0 Å². The number of fused-ring (bicyclic) bond motifs is 1. The number of hydrogen-bond acceptors (Lipinski definition) is 5. The Balaban J connectivity index is 1.65. The van der Waals surface area contributed by atoms with Gasteiger partial charge in [0.2, 0.25) is 5.43 Å². The summed E-state index contributed by atoms with van der Waals surface area (Å²) in [6.07, 6.45) is 2.38. The summed E-state index contributed by atoms with van der Waals surface area (Å²) in [7, 11) is 0. The van der Waals surface area contributed by atoms with Crippen LogP contribution < -0.4 is 16.2 Å². The molecule has 130 valence electrons. The molecule has 0 unspecified atom stereocenters. The van der Waals surface area contributed by atoms with Crippen LogP contribution in [0.15, 0.2) is 69.1 Å². The summed E-state index contributed by atoms with van der Waals surface area (Å²) in [6, 6.07) is 13.8. The van der Waals surface area contributed by atoms with E-state index in [9.17, 15) is 14.4 Å². The van der Waals surface area contributed by atoms with E-state index in [1.807, 2.05) is 19.1 Å². The van der Waals surface area contributed by atoms with Crippen molar-refractivity contribution in [2.24, 2.45) is 5.10 Å². The zero-order chi connectivity index (χ0) is 18.5. The number of para-hydroxylation sites is 1. The maximum atomic E-state index is 12.3. The van der Waals surface area contributed by atoms with Crippen molar-refractivity contribution >= 4 is 34.7 Å². The molecule has 0 saturated heterocycles. The second-order valence-corrected chi connectivity index (χ2v) is 5.54. The Labute approximate surface area is 148 Å². The highest BCUT2D eigenvalue weighted by Gasteiger charge is 2.13. The average molecular weight is 349 g/mol. The Kier molecular flexibility index (Phi) is 4.89. The van der Waals surface area contributed by atoms with Crippen LogP contribution in [0.2, 0.25) is 0 Å². The van der Waals surface area contributed by atoms with Gasteiger partial charge in [-0.15, -0.1) is 0 Å². The third-order valence-corrected chi connectivity index (χ3v) is 3.59. The zero-order valence-electron chi connectivity index (χ0n) is 13.9. The molecule has 0 fully saturated rings. The maximum Gasteiger partial charge on any atom is 0.329 e. The van der Waals surface area contributed by atoms with E-state index < -0.39 is 11.8 Å². The number of anilines is 1. The summed E-state index contributed by atoms with van der Waals surface area (Å²) in [5.41, 5.74) is 3.93. The fraction of sp³-hybridized carbons (Fsp3) is 0.0526. The molecular formula is C19H15N3O4. The van der Waals surface area contributed by atoms with E-state index in [1.165, 1.54) is 6.26 Å². The third kappa shape index (κ3) is 3.84. The molecule has 26 heavy (non-hydrogen) atoms. The molecule has 0 atom stereocenters. The fourth-order valence-corrected chi connectivity index (χ4v) is 2.22. The van der Waals surface area contributed by atoms with Crippen LogP contribution in [0, 0.1) is 6.92 Å². The molecule has 0 aliphatic carbocycles. The first-order valence-corrected chi connectivity index (χ1v) is 7.76. The van der Waals surface area contributed by atoms with Crippen LogP contribution in [-0.2, 0) is 9.59 Å². The average Bonchev–Trinajstić information content (AvgIpc) is 2.65. The summed E-state index contributed by atoms with van der Waals surface area (Å²) in [5.74, 6) is -1.82. The Morgan fingerprint density at radius 1 is 1.04 bits per heavy atom. The summed E-state index contributed by atoms with van der Waals surface area (Å²) in [5, 5.41) is 6.49. The number of benzene rings is 2. The van der Waals surface area contributed by atoms with Crippen LogP contribution in [0.1, 0.15) is 11.1 Å². The van der Waals surface area contributed by atoms with Crippen molar-refractivity contribution in [1.29, 1.82) is 0 Å². The van der Waals surface area contributed by atoms with Gasteiger partial charge in [-0.3, -0.25) is 14.4 Å². The molecule has 2 N–H and O–H groups in total. The molecule has 3 rings (SSSR count). The van der Waals surface area contributed by atoms with Crippen LogP contribution >= 0.6 is 0 Å².